The Bertz CT molecular complexity index is 750. The quantitative estimate of drug-likeness (QED) is 0.651. The first-order chi connectivity index (χ1) is 10.2. The molecule has 21 heavy (non-hydrogen) atoms. The summed E-state index contributed by atoms with van der Waals surface area (Å²) in [6.45, 7) is 0.698. The molecule has 0 saturated carbocycles. The molecule has 3 nitrogen and oxygen atoms in total. The number of nitrogens with two attached hydrogens (primary N) is 1. The van der Waals surface area contributed by atoms with Gasteiger partial charge in [0.2, 0.25) is 0 Å². The van der Waals surface area contributed by atoms with Crippen LogP contribution in [0.1, 0.15) is 18.4 Å². The largest absolute Gasteiger partial charge is 0.351 e. The lowest BCUT2D eigenvalue weighted by Crippen LogP contribution is -1.99. The van der Waals surface area contributed by atoms with E-state index in [1.54, 1.807) is 17.5 Å². The van der Waals surface area contributed by atoms with Gasteiger partial charge in [-0.15, -0.1) is 11.3 Å². The summed E-state index contributed by atoms with van der Waals surface area (Å²) in [5.74, 6) is 0. The molecular weight excluding hydrogens is 325 g/mol. The highest BCUT2D eigenvalue weighted by molar-refractivity contribution is 7.13. The third-order valence-corrected chi connectivity index (χ3v) is 4.90. The van der Waals surface area contributed by atoms with Crippen molar-refractivity contribution in [3.05, 3.63) is 39.3 Å². The van der Waals surface area contributed by atoms with Crippen molar-refractivity contribution in [2.75, 3.05) is 6.54 Å². The second-order valence-corrected chi connectivity index (χ2v) is 6.55. The number of benzene rings is 1. The highest BCUT2D eigenvalue weighted by Gasteiger charge is 2.18. The molecule has 0 aliphatic carbocycles. The first kappa shape index (κ1) is 14.9. The topological polar surface area (TPSA) is 54.7 Å². The Hall–Kier alpha value is -1.07. The highest BCUT2D eigenvalue weighted by Crippen LogP contribution is 2.39. The molecule has 3 aromatic rings. The Morgan fingerprint density at radius 3 is 2.71 bits per heavy atom. The van der Waals surface area contributed by atoms with Gasteiger partial charge in [0.15, 0.2) is 0 Å². The predicted octanol–water partition coefficient (Wildman–Crippen LogP) is 4.88. The average molecular weight is 340 g/mol. The number of aromatic nitrogens is 2. The Labute approximate surface area is 137 Å². The van der Waals surface area contributed by atoms with E-state index in [4.69, 9.17) is 28.9 Å². The van der Waals surface area contributed by atoms with Crippen LogP contribution in [0.3, 0.4) is 0 Å². The monoisotopic (exact) mass is 339 g/mol. The molecule has 0 amide bonds. The normalized spacial score (nSPS) is 11.4. The van der Waals surface area contributed by atoms with Crippen LogP contribution in [-0.4, -0.2) is 16.5 Å². The number of fused-ring (bicyclic) bond motifs is 1. The van der Waals surface area contributed by atoms with Gasteiger partial charge in [0.1, 0.15) is 5.01 Å². The SMILES string of the molecule is NCCCCc1c(-c2nccs2)[nH]c2c(Cl)ccc(Cl)c12. The molecule has 1 aromatic carbocycles. The number of nitrogens with zero attached hydrogens (tertiary/aromatic N) is 1. The van der Waals surface area contributed by atoms with E-state index in [9.17, 15) is 0 Å². The molecule has 0 aliphatic rings. The number of thiazole rings is 1. The summed E-state index contributed by atoms with van der Waals surface area (Å²) >= 11 is 14.3. The minimum absolute atomic E-state index is 0.678. The van der Waals surface area contributed by atoms with Gasteiger partial charge in [-0.3, -0.25) is 0 Å². The summed E-state index contributed by atoms with van der Waals surface area (Å²) < 4.78 is 0. The molecule has 0 fully saturated rings. The summed E-state index contributed by atoms with van der Waals surface area (Å²) in [4.78, 5) is 7.81. The molecule has 3 rings (SSSR count). The van der Waals surface area contributed by atoms with E-state index < -0.39 is 0 Å². The molecule has 0 unspecified atom stereocenters. The number of nitrogens with one attached hydrogen (secondary N) is 1. The number of hydrogen-bond acceptors (Lipinski definition) is 3. The van der Waals surface area contributed by atoms with Gasteiger partial charge < -0.3 is 10.7 Å². The van der Waals surface area contributed by atoms with Gasteiger partial charge in [-0.1, -0.05) is 23.2 Å². The average Bonchev–Trinajstić information content (AvgIpc) is 3.11. The smallest absolute Gasteiger partial charge is 0.139 e. The van der Waals surface area contributed by atoms with Crippen molar-refractivity contribution in [1.82, 2.24) is 9.97 Å². The predicted molar refractivity (Wildman–Crippen MR) is 91.4 cm³/mol. The van der Waals surface area contributed by atoms with Gasteiger partial charge in [-0.2, -0.15) is 0 Å². The minimum Gasteiger partial charge on any atom is -0.351 e. The van der Waals surface area contributed by atoms with Crippen molar-refractivity contribution in [1.29, 1.82) is 0 Å². The Balaban J connectivity index is 2.18. The summed E-state index contributed by atoms with van der Waals surface area (Å²) in [7, 11) is 0. The minimum atomic E-state index is 0.678. The fourth-order valence-electron chi connectivity index (χ4n) is 2.52. The molecule has 0 spiro atoms. The first-order valence-corrected chi connectivity index (χ1v) is 8.44. The van der Waals surface area contributed by atoms with Gasteiger partial charge in [0.25, 0.3) is 0 Å². The van der Waals surface area contributed by atoms with Crippen LogP contribution in [0.25, 0.3) is 21.6 Å². The Morgan fingerprint density at radius 1 is 1.19 bits per heavy atom. The molecule has 110 valence electrons. The molecule has 0 atom stereocenters. The van der Waals surface area contributed by atoms with Crippen LogP contribution in [0, 0.1) is 0 Å². The second kappa shape index (κ2) is 6.36. The lowest BCUT2D eigenvalue weighted by atomic mass is 10.0. The van der Waals surface area contributed by atoms with E-state index in [0.29, 0.717) is 11.6 Å². The summed E-state index contributed by atoms with van der Waals surface area (Å²) in [5, 5.41) is 5.33. The van der Waals surface area contributed by atoms with E-state index in [1.807, 2.05) is 17.5 Å². The summed E-state index contributed by atoms with van der Waals surface area (Å²) in [5.41, 5.74) is 8.69. The molecule has 0 radical (unpaired) electrons. The van der Waals surface area contributed by atoms with Crippen LogP contribution in [0.2, 0.25) is 10.0 Å². The maximum atomic E-state index is 6.40. The maximum Gasteiger partial charge on any atom is 0.139 e. The van der Waals surface area contributed by atoms with Crippen LogP contribution in [0.5, 0.6) is 0 Å². The number of rotatable bonds is 5. The molecule has 0 aliphatic heterocycles. The zero-order chi connectivity index (χ0) is 14.8. The summed E-state index contributed by atoms with van der Waals surface area (Å²) in [6, 6.07) is 3.66. The third kappa shape index (κ3) is 2.81. The summed E-state index contributed by atoms with van der Waals surface area (Å²) in [6.07, 6.45) is 4.72. The van der Waals surface area contributed by atoms with E-state index in [1.165, 1.54) is 5.56 Å². The van der Waals surface area contributed by atoms with Gasteiger partial charge in [-0.25, -0.2) is 4.98 Å². The number of aryl methyl sites for hydroxylation is 1. The molecule has 3 N–H and O–H groups in total. The molecule has 0 bridgehead atoms. The van der Waals surface area contributed by atoms with Crippen molar-refractivity contribution in [2.45, 2.75) is 19.3 Å². The van der Waals surface area contributed by atoms with Gasteiger partial charge in [0, 0.05) is 17.0 Å². The molecular formula is C15H15Cl2N3S. The van der Waals surface area contributed by atoms with Crippen LogP contribution in [0.4, 0.5) is 0 Å². The van der Waals surface area contributed by atoms with Crippen LogP contribution >= 0.6 is 34.5 Å². The Kier molecular flexibility index (Phi) is 4.50. The van der Waals surface area contributed by atoms with Crippen molar-refractivity contribution in [2.24, 2.45) is 5.73 Å². The van der Waals surface area contributed by atoms with E-state index >= 15 is 0 Å². The standard InChI is InChI=1S/C15H15Cl2N3S/c16-10-4-5-11(17)14-12(10)9(3-1-2-6-18)13(20-14)15-19-7-8-21-15/h4-5,7-8,20H,1-3,6,18H2. The van der Waals surface area contributed by atoms with Crippen molar-refractivity contribution < 1.29 is 0 Å². The zero-order valence-electron chi connectivity index (χ0n) is 11.3. The number of hydrogen-bond donors (Lipinski definition) is 2. The zero-order valence-corrected chi connectivity index (χ0v) is 13.7. The highest BCUT2D eigenvalue weighted by atomic mass is 35.5. The van der Waals surface area contributed by atoms with Crippen LogP contribution in [0.15, 0.2) is 23.7 Å². The van der Waals surface area contributed by atoms with E-state index in [0.717, 1.165) is 45.9 Å². The number of halogens is 2. The van der Waals surface area contributed by atoms with E-state index in [2.05, 4.69) is 9.97 Å². The van der Waals surface area contributed by atoms with Gasteiger partial charge >= 0.3 is 0 Å². The van der Waals surface area contributed by atoms with Crippen LogP contribution in [-0.2, 0) is 6.42 Å². The van der Waals surface area contributed by atoms with Crippen molar-refractivity contribution in [3.8, 4) is 10.7 Å². The number of unbranched alkanes of at least 4 members (excludes halogenated alkanes) is 1. The van der Waals surface area contributed by atoms with Gasteiger partial charge in [-0.05, 0) is 43.5 Å². The third-order valence-electron chi connectivity index (χ3n) is 3.48. The molecule has 6 heteroatoms. The fourth-order valence-corrected chi connectivity index (χ4v) is 3.66. The van der Waals surface area contributed by atoms with Crippen molar-refractivity contribution >= 4 is 45.4 Å². The first-order valence-electron chi connectivity index (χ1n) is 6.81. The maximum absolute atomic E-state index is 6.40. The lowest BCUT2D eigenvalue weighted by molar-refractivity contribution is 0.748. The van der Waals surface area contributed by atoms with Crippen molar-refractivity contribution in [3.63, 3.8) is 0 Å². The molecule has 2 aromatic heterocycles. The Morgan fingerprint density at radius 2 is 2.00 bits per heavy atom. The van der Waals surface area contributed by atoms with Crippen LogP contribution < -0.4 is 5.73 Å². The fraction of sp³-hybridized carbons (Fsp3) is 0.267. The van der Waals surface area contributed by atoms with E-state index in [-0.39, 0.29) is 0 Å². The number of H-pyrrole nitrogens is 1. The molecule has 2 heterocycles. The van der Waals surface area contributed by atoms with Gasteiger partial charge in [0.05, 0.1) is 21.3 Å². The lowest BCUT2D eigenvalue weighted by Gasteiger charge is -2.04. The second-order valence-electron chi connectivity index (χ2n) is 4.84. The molecule has 0 saturated heterocycles. The number of aromatic amines is 1.